The van der Waals surface area contributed by atoms with Gasteiger partial charge in [0.25, 0.3) is 0 Å². The molecule has 0 radical (unpaired) electrons. The fourth-order valence-corrected chi connectivity index (χ4v) is 8.10. The zero-order valence-electron chi connectivity index (χ0n) is 23.7. The molecule has 6 rings (SSSR count). The SMILES string of the molecule is COc1ccccc1[C@H](CN1C(=O)N(C2(C(=O)O)CCCC2)C(=O)C2C(C)=C(n3nccn3)SC21)OC1CCOCC1. The number of rotatable bonds is 9. The summed E-state index contributed by atoms with van der Waals surface area (Å²) in [6.45, 7) is 3.09. The monoisotopic (exact) mass is 597 g/mol. The van der Waals surface area contributed by atoms with E-state index in [2.05, 4.69) is 10.2 Å². The van der Waals surface area contributed by atoms with E-state index in [0.717, 1.165) is 10.5 Å². The van der Waals surface area contributed by atoms with Crippen molar-refractivity contribution in [1.82, 2.24) is 24.8 Å². The number of carboxylic acids is 1. The van der Waals surface area contributed by atoms with Gasteiger partial charge in [-0.2, -0.15) is 10.2 Å². The van der Waals surface area contributed by atoms with Crippen molar-refractivity contribution in [3.05, 3.63) is 47.8 Å². The van der Waals surface area contributed by atoms with Crippen LogP contribution in [-0.4, -0.2) is 91.7 Å². The minimum atomic E-state index is -1.59. The third kappa shape index (κ3) is 4.86. The molecule has 42 heavy (non-hydrogen) atoms. The van der Waals surface area contributed by atoms with Gasteiger partial charge in [0.2, 0.25) is 5.91 Å². The lowest BCUT2D eigenvalue weighted by atomic mass is 9.89. The van der Waals surface area contributed by atoms with Crippen molar-refractivity contribution in [2.45, 2.75) is 68.6 Å². The second-order valence-electron chi connectivity index (χ2n) is 11.1. The number of aliphatic carboxylic acids is 1. The van der Waals surface area contributed by atoms with Gasteiger partial charge in [0.05, 0.1) is 38.1 Å². The van der Waals surface area contributed by atoms with Gasteiger partial charge in [0.1, 0.15) is 27.8 Å². The van der Waals surface area contributed by atoms with Crippen LogP contribution >= 0.6 is 11.8 Å². The summed E-state index contributed by atoms with van der Waals surface area (Å²) in [7, 11) is 1.59. The number of fused-ring (bicyclic) bond motifs is 1. The van der Waals surface area contributed by atoms with E-state index in [0.29, 0.717) is 55.2 Å². The number of carbonyl (C=O) groups excluding carboxylic acids is 2. The van der Waals surface area contributed by atoms with Crippen LogP contribution in [0.2, 0.25) is 0 Å². The second-order valence-corrected chi connectivity index (χ2v) is 12.2. The zero-order valence-corrected chi connectivity index (χ0v) is 24.5. The smallest absolute Gasteiger partial charge is 0.330 e. The van der Waals surface area contributed by atoms with E-state index in [9.17, 15) is 19.5 Å². The van der Waals surface area contributed by atoms with E-state index in [4.69, 9.17) is 14.2 Å². The minimum Gasteiger partial charge on any atom is -0.496 e. The van der Waals surface area contributed by atoms with E-state index in [1.165, 1.54) is 16.6 Å². The maximum Gasteiger partial charge on any atom is 0.330 e. The number of hydrogen-bond donors (Lipinski definition) is 1. The number of imide groups is 1. The number of amides is 3. The summed E-state index contributed by atoms with van der Waals surface area (Å²) in [6.07, 6.45) is 5.54. The molecule has 3 atom stereocenters. The van der Waals surface area contributed by atoms with Crippen LogP contribution in [0.3, 0.4) is 0 Å². The first-order valence-corrected chi connectivity index (χ1v) is 15.2. The molecule has 3 fully saturated rings. The van der Waals surface area contributed by atoms with Crippen LogP contribution in [0, 0.1) is 5.92 Å². The van der Waals surface area contributed by atoms with Gasteiger partial charge in [-0.15, -0.1) is 4.80 Å². The largest absolute Gasteiger partial charge is 0.496 e. The summed E-state index contributed by atoms with van der Waals surface area (Å²) in [4.78, 5) is 45.6. The Bertz CT molecular complexity index is 1370. The average Bonchev–Trinajstić information content (AvgIpc) is 3.77. The molecule has 2 aromatic rings. The lowest BCUT2D eigenvalue weighted by Gasteiger charge is -2.48. The van der Waals surface area contributed by atoms with Crippen molar-refractivity contribution in [2.24, 2.45) is 5.92 Å². The fraction of sp³-hybridized carbons (Fsp3) is 0.552. The highest BCUT2D eigenvalue weighted by molar-refractivity contribution is 8.08. The first-order chi connectivity index (χ1) is 20.4. The topological polar surface area (TPSA) is 136 Å². The molecule has 224 valence electrons. The van der Waals surface area contributed by atoms with Gasteiger partial charge < -0.3 is 24.2 Å². The fourth-order valence-electron chi connectivity index (χ4n) is 6.61. The molecule has 1 aliphatic carbocycles. The minimum absolute atomic E-state index is 0.0945. The molecule has 4 heterocycles. The highest BCUT2D eigenvalue weighted by Crippen LogP contribution is 2.51. The number of ether oxygens (including phenoxy) is 3. The van der Waals surface area contributed by atoms with E-state index in [1.54, 1.807) is 24.4 Å². The van der Waals surface area contributed by atoms with Crippen LogP contribution in [0.5, 0.6) is 5.75 Å². The first kappa shape index (κ1) is 28.7. The predicted molar refractivity (Wildman–Crippen MR) is 152 cm³/mol. The van der Waals surface area contributed by atoms with Gasteiger partial charge in [0, 0.05) is 18.8 Å². The van der Waals surface area contributed by atoms with Crippen LogP contribution in [0.1, 0.15) is 57.1 Å². The van der Waals surface area contributed by atoms with Crippen molar-refractivity contribution in [3.63, 3.8) is 0 Å². The number of aromatic nitrogens is 3. The molecule has 2 unspecified atom stereocenters. The summed E-state index contributed by atoms with van der Waals surface area (Å²) >= 11 is 1.34. The molecule has 13 heteroatoms. The highest BCUT2D eigenvalue weighted by atomic mass is 32.2. The van der Waals surface area contributed by atoms with Crippen molar-refractivity contribution in [2.75, 3.05) is 26.9 Å². The van der Waals surface area contributed by atoms with E-state index in [-0.39, 0.29) is 25.5 Å². The molecular formula is C29H35N5O7S. The van der Waals surface area contributed by atoms with Gasteiger partial charge in [0.15, 0.2) is 0 Å². The first-order valence-electron chi connectivity index (χ1n) is 14.3. The molecule has 4 aliphatic rings. The van der Waals surface area contributed by atoms with Gasteiger partial charge in [-0.25, -0.2) is 14.5 Å². The van der Waals surface area contributed by atoms with Gasteiger partial charge in [-0.1, -0.05) is 42.8 Å². The number of carboxylic acid groups (broad SMARTS) is 1. The van der Waals surface area contributed by atoms with Gasteiger partial charge in [-0.05, 0) is 44.2 Å². The maximum atomic E-state index is 14.5. The van der Waals surface area contributed by atoms with Crippen molar-refractivity contribution >= 4 is 34.7 Å². The van der Waals surface area contributed by atoms with Crippen LogP contribution in [0.4, 0.5) is 4.79 Å². The number of para-hydroxylation sites is 1. The standard InChI is InChI=1S/C29H35N5O7S/c1-18-23-24(35)33(29(27(36)37)11-5-6-12-29)28(38)32(26(23)42-25(18)34-30-13-14-31-34)17-22(41-19-9-15-40-16-10-19)20-7-3-4-8-21(20)39-2/h3-4,7-8,13-14,19,22-23,26H,5-6,9-12,15-17H2,1-2H3,(H,36,37)/t22-,23?,26?/m0/s1. The molecular weight excluding hydrogens is 562 g/mol. The normalized spacial score (nSPS) is 25.2. The Labute approximate surface area is 247 Å². The molecule has 1 aromatic heterocycles. The predicted octanol–water partition coefficient (Wildman–Crippen LogP) is 3.76. The summed E-state index contributed by atoms with van der Waals surface area (Å²) in [5.41, 5.74) is -0.113. The third-order valence-electron chi connectivity index (χ3n) is 8.78. The van der Waals surface area contributed by atoms with Crippen LogP contribution in [0.15, 0.2) is 42.2 Å². The Morgan fingerprint density at radius 1 is 1.17 bits per heavy atom. The average molecular weight is 598 g/mol. The van der Waals surface area contributed by atoms with E-state index in [1.807, 2.05) is 31.2 Å². The lowest BCUT2D eigenvalue weighted by Crippen LogP contribution is -2.68. The molecule has 3 amide bonds. The van der Waals surface area contributed by atoms with Crippen LogP contribution < -0.4 is 4.74 Å². The number of benzene rings is 1. The summed E-state index contributed by atoms with van der Waals surface area (Å²) in [5.74, 6) is -1.78. The molecule has 12 nitrogen and oxygen atoms in total. The number of thioether (sulfide) groups is 1. The molecule has 0 spiro atoms. The van der Waals surface area contributed by atoms with Crippen LogP contribution in [-0.2, 0) is 19.1 Å². The molecule has 1 saturated carbocycles. The van der Waals surface area contributed by atoms with Crippen molar-refractivity contribution in [3.8, 4) is 5.75 Å². The van der Waals surface area contributed by atoms with Crippen molar-refractivity contribution < 1.29 is 33.7 Å². The van der Waals surface area contributed by atoms with Gasteiger partial charge in [-0.3, -0.25) is 4.79 Å². The molecule has 0 bridgehead atoms. The van der Waals surface area contributed by atoms with Gasteiger partial charge >= 0.3 is 12.0 Å². The Morgan fingerprint density at radius 2 is 1.86 bits per heavy atom. The summed E-state index contributed by atoms with van der Waals surface area (Å²) in [6, 6.07) is 6.91. The zero-order chi connectivity index (χ0) is 29.4. The third-order valence-corrected chi connectivity index (χ3v) is 10.3. The number of nitrogens with zero attached hydrogens (tertiary/aromatic N) is 5. The summed E-state index contributed by atoms with van der Waals surface area (Å²) < 4.78 is 17.9. The Hall–Kier alpha value is -3.42. The Balaban J connectivity index is 1.42. The molecule has 1 N–H and O–H groups in total. The lowest BCUT2D eigenvalue weighted by molar-refractivity contribution is -0.160. The highest BCUT2D eigenvalue weighted by Gasteiger charge is 2.61. The Morgan fingerprint density at radius 3 is 2.52 bits per heavy atom. The number of urea groups is 1. The molecule has 1 aromatic carbocycles. The van der Waals surface area contributed by atoms with Crippen LogP contribution in [0.25, 0.3) is 5.03 Å². The van der Waals surface area contributed by atoms with E-state index >= 15 is 0 Å². The quantitative estimate of drug-likeness (QED) is 0.455. The van der Waals surface area contributed by atoms with E-state index < -0.39 is 40.8 Å². The maximum absolute atomic E-state index is 14.5. The Kier molecular flexibility index (Phi) is 7.99. The van der Waals surface area contributed by atoms with Crippen molar-refractivity contribution in [1.29, 1.82) is 0 Å². The molecule has 2 saturated heterocycles. The summed E-state index contributed by atoms with van der Waals surface area (Å²) in [5, 5.41) is 19.0. The number of carbonyl (C=O) groups is 3. The number of methoxy groups -OCH3 is 1. The number of hydrogen-bond acceptors (Lipinski definition) is 9. The second kappa shape index (κ2) is 11.7. The molecule has 3 aliphatic heterocycles.